The van der Waals surface area contributed by atoms with E-state index in [1.807, 2.05) is 11.9 Å². The van der Waals surface area contributed by atoms with Crippen LogP contribution in [-0.4, -0.2) is 30.7 Å². The molecule has 0 saturated heterocycles. The van der Waals surface area contributed by atoms with Gasteiger partial charge in [-0.15, -0.1) is 0 Å². The molecule has 0 aliphatic carbocycles. The van der Waals surface area contributed by atoms with Crippen molar-refractivity contribution in [2.75, 3.05) is 24.2 Å². The number of benzene rings is 1. The van der Waals surface area contributed by atoms with Crippen LogP contribution in [0.2, 0.25) is 0 Å². The zero-order valence-corrected chi connectivity index (χ0v) is 10.2. The lowest BCUT2D eigenvalue weighted by atomic mass is 10.1. The molecule has 0 fully saturated rings. The summed E-state index contributed by atoms with van der Waals surface area (Å²) in [5, 5.41) is 9.23. The van der Waals surface area contributed by atoms with Gasteiger partial charge in [-0.2, -0.15) is 0 Å². The van der Waals surface area contributed by atoms with E-state index in [9.17, 15) is 9.90 Å². The van der Waals surface area contributed by atoms with Crippen LogP contribution >= 0.6 is 0 Å². The first kappa shape index (κ1) is 13.3. The van der Waals surface area contributed by atoms with Crippen molar-refractivity contribution in [2.24, 2.45) is 5.73 Å². The number of hydrogen-bond donors (Lipinski definition) is 3. The first-order chi connectivity index (χ1) is 7.91. The molecule has 0 heterocycles. The number of nitrogen functional groups attached to an aromatic ring is 1. The number of carbonyl (C=O) groups excluding carboxylic acids is 1. The fraction of sp³-hybridized carbons (Fsp3) is 0.417. The Hall–Kier alpha value is -1.75. The number of primary amides is 1. The number of aliphatic hydroxyl groups excluding tert-OH is 1. The average molecular weight is 237 g/mol. The summed E-state index contributed by atoms with van der Waals surface area (Å²) < 4.78 is 0. The van der Waals surface area contributed by atoms with E-state index in [2.05, 4.69) is 0 Å². The Balaban J connectivity index is 2.87. The van der Waals surface area contributed by atoms with Crippen molar-refractivity contribution >= 4 is 17.3 Å². The largest absolute Gasteiger partial charge is 0.397 e. The average Bonchev–Trinajstić information content (AvgIpc) is 2.26. The lowest BCUT2D eigenvalue weighted by Crippen LogP contribution is -2.23. The topological polar surface area (TPSA) is 92.6 Å². The third-order valence-electron chi connectivity index (χ3n) is 2.61. The van der Waals surface area contributed by atoms with Crippen molar-refractivity contribution in [3.63, 3.8) is 0 Å². The van der Waals surface area contributed by atoms with Gasteiger partial charge in [0.15, 0.2) is 0 Å². The van der Waals surface area contributed by atoms with Crippen LogP contribution in [0.1, 0.15) is 23.7 Å². The van der Waals surface area contributed by atoms with E-state index in [1.165, 1.54) is 0 Å². The number of anilines is 2. The molecule has 17 heavy (non-hydrogen) atoms. The number of nitrogens with two attached hydrogens (primary N) is 2. The first-order valence-electron chi connectivity index (χ1n) is 5.50. The van der Waals surface area contributed by atoms with Crippen molar-refractivity contribution in [3.8, 4) is 0 Å². The lowest BCUT2D eigenvalue weighted by Gasteiger charge is -2.22. The van der Waals surface area contributed by atoms with Gasteiger partial charge in [-0.3, -0.25) is 4.79 Å². The molecule has 0 spiro atoms. The molecule has 5 heteroatoms. The van der Waals surface area contributed by atoms with Crippen LogP contribution in [0.4, 0.5) is 11.4 Å². The van der Waals surface area contributed by atoms with Crippen molar-refractivity contribution < 1.29 is 9.90 Å². The minimum absolute atomic E-state index is 0.363. The van der Waals surface area contributed by atoms with Crippen LogP contribution in [0.5, 0.6) is 0 Å². The van der Waals surface area contributed by atoms with Gasteiger partial charge in [0.1, 0.15) is 0 Å². The minimum atomic E-state index is -0.477. The van der Waals surface area contributed by atoms with Gasteiger partial charge >= 0.3 is 0 Å². The second-order valence-corrected chi connectivity index (χ2v) is 4.20. The third-order valence-corrected chi connectivity index (χ3v) is 2.61. The summed E-state index contributed by atoms with van der Waals surface area (Å²) in [5.74, 6) is -0.477. The molecule has 0 aromatic heterocycles. The Bertz CT molecular complexity index is 405. The predicted molar refractivity (Wildman–Crippen MR) is 68.9 cm³/mol. The minimum Gasteiger partial charge on any atom is -0.397 e. The molecule has 1 aromatic rings. The Kier molecular flexibility index (Phi) is 4.34. The highest BCUT2D eigenvalue weighted by Crippen LogP contribution is 2.23. The van der Waals surface area contributed by atoms with Gasteiger partial charge in [0.25, 0.3) is 0 Å². The molecule has 0 saturated carbocycles. The smallest absolute Gasteiger partial charge is 0.248 e. The normalized spacial score (nSPS) is 12.2. The number of carbonyl (C=O) groups is 1. The van der Waals surface area contributed by atoms with E-state index in [4.69, 9.17) is 11.5 Å². The molecule has 0 aliphatic rings. The van der Waals surface area contributed by atoms with Gasteiger partial charge in [-0.1, -0.05) is 0 Å². The highest BCUT2D eigenvalue weighted by atomic mass is 16.3. The fourth-order valence-electron chi connectivity index (χ4n) is 1.53. The van der Waals surface area contributed by atoms with Crippen LogP contribution in [0.15, 0.2) is 18.2 Å². The number of hydrogen-bond acceptors (Lipinski definition) is 4. The van der Waals surface area contributed by atoms with Crippen molar-refractivity contribution in [1.82, 2.24) is 0 Å². The van der Waals surface area contributed by atoms with E-state index in [0.717, 1.165) is 5.69 Å². The molecule has 1 amide bonds. The van der Waals surface area contributed by atoms with Crippen molar-refractivity contribution in [1.29, 1.82) is 0 Å². The molecule has 1 rings (SSSR count). The summed E-state index contributed by atoms with van der Waals surface area (Å²) in [6.45, 7) is 2.39. The number of rotatable bonds is 5. The quantitative estimate of drug-likeness (QED) is 0.653. The van der Waals surface area contributed by atoms with Gasteiger partial charge in [0.05, 0.1) is 17.5 Å². The molecule has 5 N–H and O–H groups in total. The number of nitrogens with zero attached hydrogens (tertiary/aromatic N) is 1. The molecular weight excluding hydrogens is 218 g/mol. The summed E-state index contributed by atoms with van der Waals surface area (Å²) >= 11 is 0. The van der Waals surface area contributed by atoms with Crippen LogP contribution in [-0.2, 0) is 0 Å². The molecule has 5 nitrogen and oxygen atoms in total. The number of amides is 1. The highest BCUT2D eigenvalue weighted by Gasteiger charge is 2.09. The third kappa shape index (κ3) is 3.64. The maximum absolute atomic E-state index is 11.1. The molecule has 1 atom stereocenters. The molecule has 94 valence electrons. The van der Waals surface area contributed by atoms with E-state index >= 15 is 0 Å². The second kappa shape index (κ2) is 5.54. The number of aliphatic hydroxyl groups is 1. The summed E-state index contributed by atoms with van der Waals surface area (Å²) in [6, 6.07) is 4.93. The maximum Gasteiger partial charge on any atom is 0.248 e. The summed E-state index contributed by atoms with van der Waals surface area (Å²) in [6.07, 6.45) is 0.273. The van der Waals surface area contributed by atoms with E-state index in [-0.39, 0.29) is 6.10 Å². The van der Waals surface area contributed by atoms with Gasteiger partial charge in [0.2, 0.25) is 5.91 Å². The molecule has 0 bridgehead atoms. The lowest BCUT2D eigenvalue weighted by molar-refractivity contribution is 0.100. The zero-order chi connectivity index (χ0) is 13.0. The predicted octanol–water partition coefficient (Wildman–Crippen LogP) is 0.575. The monoisotopic (exact) mass is 237 g/mol. The SMILES string of the molecule is CC(O)CCN(C)c1cc(C(N)=O)ccc1N. The van der Waals surface area contributed by atoms with Gasteiger partial charge in [-0.25, -0.2) is 0 Å². The zero-order valence-electron chi connectivity index (χ0n) is 10.2. The summed E-state index contributed by atoms with van der Waals surface area (Å²) in [5.41, 5.74) is 12.8. The van der Waals surface area contributed by atoms with Gasteiger partial charge < -0.3 is 21.5 Å². The van der Waals surface area contributed by atoms with Gasteiger partial charge in [-0.05, 0) is 31.5 Å². The van der Waals surface area contributed by atoms with Crippen LogP contribution in [0, 0.1) is 0 Å². The first-order valence-corrected chi connectivity index (χ1v) is 5.50. The molecule has 1 aromatic carbocycles. The van der Waals surface area contributed by atoms with Crippen LogP contribution in [0.3, 0.4) is 0 Å². The molecule has 1 unspecified atom stereocenters. The summed E-state index contributed by atoms with van der Waals surface area (Å²) in [4.78, 5) is 13.0. The highest BCUT2D eigenvalue weighted by molar-refractivity contribution is 5.95. The van der Waals surface area contributed by atoms with E-state index in [0.29, 0.717) is 24.2 Å². The van der Waals surface area contributed by atoms with Crippen LogP contribution < -0.4 is 16.4 Å². The Morgan fingerprint density at radius 2 is 2.18 bits per heavy atom. The van der Waals surface area contributed by atoms with Crippen molar-refractivity contribution in [3.05, 3.63) is 23.8 Å². The fourth-order valence-corrected chi connectivity index (χ4v) is 1.53. The summed E-state index contributed by atoms with van der Waals surface area (Å²) in [7, 11) is 1.86. The standard InChI is InChI=1S/C12H19N3O2/c1-8(16)5-6-15(2)11-7-9(12(14)17)3-4-10(11)13/h3-4,7-8,16H,5-6,13H2,1-2H3,(H2,14,17). The maximum atomic E-state index is 11.1. The van der Waals surface area contributed by atoms with Crippen LogP contribution in [0.25, 0.3) is 0 Å². The molecule has 0 radical (unpaired) electrons. The van der Waals surface area contributed by atoms with Gasteiger partial charge in [0, 0.05) is 19.2 Å². The Morgan fingerprint density at radius 1 is 1.53 bits per heavy atom. The molecular formula is C12H19N3O2. The Labute approximate surface area is 101 Å². The van der Waals surface area contributed by atoms with Crippen molar-refractivity contribution in [2.45, 2.75) is 19.4 Å². The molecule has 0 aliphatic heterocycles. The van der Waals surface area contributed by atoms with E-state index in [1.54, 1.807) is 25.1 Å². The Morgan fingerprint density at radius 3 is 2.71 bits per heavy atom. The van der Waals surface area contributed by atoms with E-state index < -0.39 is 5.91 Å². The second-order valence-electron chi connectivity index (χ2n) is 4.20.